The zero-order chi connectivity index (χ0) is 19.6. The van der Waals surface area contributed by atoms with Crippen LogP contribution in [-0.2, 0) is 16.1 Å². The van der Waals surface area contributed by atoms with E-state index in [4.69, 9.17) is 9.47 Å². The van der Waals surface area contributed by atoms with Gasteiger partial charge in [0.25, 0.3) is 11.7 Å². The number of hydrogen-bond donors (Lipinski definition) is 0. The first-order chi connectivity index (χ1) is 12.9. The molecule has 1 amide bonds. The van der Waals surface area contributed by atoms with Crippen LogP contribution in [-0.4, -0.2) is 34.5 Å². The largest absolute Gasteiger partial charge is 0.475 e. The van der Waals surface area contributed by atoms with Crippen LogP contribution in [0.5, 0.6) is 5.75 Å². The average Bonchev–Trinajstić information content (AvgIpc) is 2.65. The Labute approximate surface area is 154 Å². The molecule has 1 aromatic carbocycles. The SMILES string of the molecule is CCOC(=O)c1ccc(CN2C(=O)C(C)Oc3ccc([N+](=O)[O-])nc32)cc1. The summed E-state index contributed by atoms with van der Waals surface area (Å²) in [5.74, 6) is -0.757. The van der Waals surface area contributed by atoms with E-state index in [0.717, 1.165) is 5.56 Å². The van der Waals surface area contributed by atoms with Gasteiger partial charge in [-0.3, -0.25) is 9.69 Å². The maximum atomic E-state index is 12.6. The van der Waals surface area contributed by atoms with Crippen LogP contribution < -0.4 is 9.64 Å². The van der Waals surface area contributed by atoms with Crippen molar-refractivity contribution < 1.29 is 24.0 Å². The van der Waals surface area contributed by atoms with Crippen LogP contribution in [0.4, 0.5) is 11.6 Å². The maximum Gasteiger partial charge on any atom is 0.366 e. The van der Waals surface area contributed by atoms with Gasteiger partial charge in [-0.2, -0.15) is 0 Å². The molecular formula is C18H17N3O6. The van der Waals surface area contributed by atoms with Gasteiger partial charge >= 0.3 is 11.8 Å². The molecule has 1 aromatic heterocycles. The van der Waals surface area contributed by atoms with E-state index in [1.54, 1.807) is 38.1 Å². The van der Waals surface area contributed by atoms with Crippen molar-refractivity contribution in [1.82, 2.24) is 4.98 Å². The molecule has 1 aliphatic rings. The summed E-state index contributed by atoms with van der Waals surface area (Å²) in [4.78, 5) is 40.0. The summed E-state index contributed by atoms with van der Waals surface area (Å²) in [6.07, 6.45) is -0.737. The van der Waals surface area contributed by atoms with Gasteiger partial charge in [0.2, 0.25) is 0 Å². The molecule has 0 radical (unpaired) electrons. The van der Waals surface area contributed by atoms with E-state index in [9.17, 15) is 19.7 Å². The number of amides is 1. The maximum absolute atomic E-state index is 12.6. The fraction of sp³-hybridized carbons (Fsp3) is 0.278. The van der Waals surface area contributed by atoms with Gasteiger partial charge in [0.15, 0.2) is 11.9 Å². The van der Waals surface area contributed by atoms with Gasteiger partial charge in [0, 0.05) is 6.07 Å². The average molecular weight is 371 g/mol. The highest BCUT2D eigenvalue weighted by atomic mass is 16.6. The highest BCUT2D eigenvalue weighted by Gasteiger charge is 2.36. The third kappa shape index (κ3) is 3.71. The number of carbonyl (C=O) groups excluding carboxylic acids is 2. The fourth-order valence-electron chi connectivity index (χ4n) is 2.67. The summed E-state index contributed by atoms with van der Waals surface area (Å²) in [5.41, 5.74) is 1.13. The molecule has 1 aliphatic heterocycles. The van der Waals surface area contributed by atoms with E-state index < -0.39 is 17.0 Å². The molecule has 2 aromatic rings. The lowest BCUT2D eigenvalue weighted by molar-refractivity contribution is -0.389. The Morgan fingerprint density at radius 1 is 1.30 bits per heavy atom. The molecule has 2 heterocycles. The Morgan fingerprint density at radius 3 is 2.63 bits per heavy atom. The molecule has 0 saturated carbocycles. The van der Waals surface area contributed by atoms with Crippen LogP contribution >= 0.6 is 0 Å². The topological polar surface area (TPSA) is 112 Å². The smallest absolute Gasteiger partial charge is 0.366 e. The van der Waals surface area contributed by atoms with Crippen molar-refractivity contribution in [3.63, 3.8) is 0 Å². The van der Waals surface area contributed by atoms with E-state index in [2.05, 4.69) is 4.98 Å². The minimum atomic E-state index is -0.737. The van der Waals surface area contributed by atoms with Crippen molar-refractivity contribution in [2.24, 2.45) is 0 Å². The molecule has 9 nitrogen and oxygen atoms in total. The van der Waals surface area contributed by atoms with E-state index in [1.807, 2.05) is 0 Å². The zero-order valence-electron chi connectivity index (χ0n) is 14.7. The van der Waals surface area contributed by atoms with Gasteiger partial charge in [0.1, 0.15) is 0 Å². The van der Waals surface area contributed by atoms with Gasteiger partial charge in [-0.1, -0.05) is 12.1 Å². The predicted molar refractivity (Wildman–Crippen MR) is 94.6 cm³/mol. The second kappa shape index (κ2) is 7.40. The van der Waals surface area contributed by atoms with Crippen molar-refractivity contribution in [3.05, 3.63) is 57.6 Å². The lowest BCUT2D eigenvalue weighted by atomic mass is 10.1. The van der Waals surface area contributed by atoms with Crippen LogP contribution in [0.2, 0.25) is 0 Å². The number of rotatable bonds is 5. The standard InChI is InChI=1S/C18H17N3O6/c1-3-26-18(23)13-6-4-12(5-7-13)10-20-16-14(27-11(2)17(20)22)8-9-15(19-16)21(24)25/h4-9,11H,3,10H2,1-2H3. The molecule has 0 aliphatic carbocycles. The Balaban J connectivity index is 1.90. The molecule has 27 heavy (non-hydrogen) atoms. The van der Waals surface area contributed by atoms with Crippen molar-refractivity contribution in [2.45, 2.75) is 26.5 Å². The molecular weight excluding hydrogens is 354 g/mol. The molecule has 0 N–H and O–H groups in total. The number of pyridine rings is 1. The number of nitro groups is 1. The zero-order valence-corrected chi connectivity index (χ0v) is 14.7. The van der Waals surface area contributed by atoms with Crippen LogP contribution in [0, 0.1) is 10.1 Å². The first kappa shape index (κ1) is 18.3. The molecule has 9 heteroatoms. The number of aromatic nitrogens is 1. The summed E-state index contributed by atoms with van der Waals surface area (Å²) < 4.78 is 10.4. The van der Waals surface area contributed by atoms with Crippen LogP contribution in [0.25, 0.3) is 0 Å². The first-order valence-corrected chi connectivity index (χ1v) is 8.30. The van der Waals surface area contributed by atoms with Gasteiger partial charge in [-0.25, -0.2) is 4.79 Å². The van der Waals surface area contributed by atoms with Crippen molar-refractivity contribution in [2.75, 3.05) is 11.5 Å². The van der Waals surface area contributed by atoms with E-state index in [-0.39, 0.29) is 30.7 Å². The molecule has 140 valence electrons. The van der Waals surface area contributed by atoms with Gasteiger partial charge in [0.05, 0.1) is 18.7 Å². The molecule has 0 saturated heterocycles. The molecule has 0 fully saturated rings. The normalized spacial score (nSPS) is 15.7. The second-order valence-corrected chi connectivity index (χ2v) is 5.85. The molecule has 0 bridgehead atoms. The molecule has 0 spiro atoms. The summed E-state index contributed by atoms with van der Waals surface area (Å²) >= 11 is 0. The van der Waals surface area contributed by atoms with Gasteiger partial charge in [-0.15, -0.1) is 0 Å². The van der Waals surface area contributed by atoms with E-state index in [1.165, 1.54) is 17.0 Å². The number of anilines is 1. The Hall–Kier alpha value is -3.49. The number of nitrogens with zero attached hydrogens (tertiary/aromatic N) is 3. The lowest BCUT2D eigenvalue weighted by Crippen LogP contribution is -2.44. The molecule has 3 rings (SSSR count). The van der Waals surface area contributed by atoms with Crippen molar-refractivity contribution in [1.29, 1.82) is 0 Å². The summed E-state index contributed by atoms with van der Waals surface area (Å²) in [6.45, 7) is 3.74. The van der Waals surface area contributed by atoms with Crippen LogP contribution in [0.3, 0.4) is 0 Å². The van der Waals surface area contributed by atoms with Gasteiger partial charge in [-0.05, 0) is 47.5 Å². The Morgan fingerprint density at radius 2 is 2.00 bits per heavy atom. The van der Waals surface area contributed by atoms with Crippen LogP contribution in [0.1, 0.15) is 29.8 Å². The number of carbonyl (C=O) groups is 2. The molecule has 1 unspecified atom stereocenters. The monoisotopic (exact) mass is 371 g/mol. The third-order valence-electron chi connectivity index (χ3n) is 3.99. The lowest BCUT2D eigenvalue weighted by Gasteiger charge is -2.29. The highest BCUT2D eigenvalue weighted by Crippen LogP contribution is 2.34. The highest BCUT2D eigenvalue weighted by molar-refractivity contribution is 5.98. The van der Waals surface area contributed by atoms with Crippen molar-refractivity contribution in [3.8, 4) is 5.75 Å². The van der Waals surface area contributed by atoms with E-state index in [0.29, 0.717) is 11.3 Å². The Kier molecular flexibility index (Phi) is 5.02. The second-order valence-electron chi connectivity index (χ2n) is 5.85. The summed E-state index contributed by atoms with van der Waals surface area (Å²) in [6, 6.07) is 9.24. The van der Waals surface area contributed by atoms with Crippen molar-refractivity contribution >= 4 is 23.5 Å². The minimum absolute atomic E-state index is 0.0989. The summed E-state index contributed by atoms with van der Waals surface area (Å²) in [7, 11) is 0. The number of hydrogen-bond acceptors (Lipinski definition) is 7. The molecule has 1 atom stereocenters. The number of ether oxygens (including phenoxy) is 2. The quantitative estimate of drug-likeness (QED) is 0.451. The third-order valence-corrected chi connectivity index (χ3v) is 3.99. The summed E-state index contributed by atoms with van der Waals surface area (Å²) in [5, 5.41) is 11.0. The predicted octanol–water partition coefficient (Wildman–Crippen LogP) is 2.48. The number of fused-ring (bicyclic) bond motifs is 1. The van der Waals surface area contributed by atoms with Gasteiger partial charge < -0.3 is 19.6 Å². The Bertz CT molecular complexity index is 896. The van der Waals surface area contributed by atoms with E-state index >= 15 is 0 Å². The minimum Gasteiger partial charge on any atom is -0.475 e. The first-order valence-electron chi connectivity index (χ1n) is 8.30. The number of benzene rings is 1. The van der Waals surface area contributed by atoms with Crippen LogP contribution in [0.15, 0.2) is 36.4 Å². The number of esters is 1. The fourth-order valence-corrected chi connectivity index (χ4v) is 2.67.